The van der Waals surface area contributed by atoms with Gasteiger partial charge in [-0.3, -0.25) is 4.68 Å². The van der Waals surface area contributed by atoms with Crippen molar-refractivity contribution in [3.8, 4) is 22.7 Å². The van der Waals surface area contributed by atoms with E-state index in [4.69, 9.17) is 9.47 Å². The third-order valence-corrected chi connectivity index (χ3v) is 13.7. The molecule has 2 heterocycles. The Bertz CT molecular complexity index is 1060. The molecule has 0 unspecified atom stereocenters. The lowest BCUT2D eigenvalue weighted by molar-refractivity contribution is -0.137. The number of hydrogen-bond acceptors (Lipinski definition) is 3. The van der Waals surface area contributed by atoms with Crippen LogP contribution in [0.2, 0.25) is 16.6 Å². The van der Waals surface area contributed by atoms with E-state index in [2.05, 4.69) is 74.0 Å². The van der Waals surface area contributed by atoms with Crippen LogP contribution in [0.15, 0.2) is 28.9 Å². The van der Waals surface area contributed by atoms with Crippen LogP contribution in [0.3, 0.4) is 0 Å². The predicted octanol–water partition coefficient (Wildman–Crippen LogP) is 7.32. The Morgan fingerprint density at radius 1 is 1.11 bits per heavy atom. The van der Waals surface area contributed by atoms with Crippen LogP contribution in [0.4, 0.5) is 13.2 Å². The first-order valence-corrected chi connectivity index (χ1v) is 15.1. The molecule has 0 bridgehead atoms. The number of rotatable bonds is 6. The summed E-state index contributed by atoms with van der Waals surface area (Å²) in [5, 5.41) is 4.52. The molecule has 0 amide bonds. The van der Waals surface area contributed by atoms with Crippen LogP contribution in [0, 0.1) is 11.5 Å². The molecule has 0 saturated carbocycles. The Morgan fingerprint density at radius 3 is 2.31 bits per heavy atom. The van der Waals surface area contributed by atoms with E-state index in [1.54, 1.807) is 16.9 Å². The number of benzene rings is 1. The van der Waals surface area contributed by atoms with Gasteiger partial charge < -0.3 is 9.47 Å². The SMILES string of the molecule is CC(C)[Si](C#Cc1ccc(-c2nn(C[C@H]3COCCO3)cc2Br)cc1C(F)(F)F)(C(C)C)C(C)C. The Balaban J connectivity index is 2.00. The highest BCUT2D eigenvalue weighted by molar-refractivity contribution is 9.10. The zero-order valence-electron chi connectivity index (χ0n) is 21.2. The molecule has 1 aliphatic heterocycles. The van der Waals surface area contributed by atoms with Gasteiger partial charge in [0.15, 0.2) is 0 Å². The van der Waals surface area contributed by atoms with Crippen molar-refractivity contribution < 1.29 is 22.6 Å². The fourth-order valence-electron chi connectivity index (χ4n) is 5.18. The van der Waals surface area contributed by atoms with E-state index >= 15 is 0 Å². The van der Waals surface area contributed by atoms with Gasteiger partial charge in [-0.2, -0.15) is 18.3 Å². The van der Waals surface area contributed by atoms with Gasteiger partial charge in [-0.25, -0.2) is 0 Å². The second-order valence-electron chi connectivity index (χ2n) is 10.0. The lowest BCUT2D eigenvalue weighted by Crippen LogP contribution is -2.43. The summed E-state index contributed by atoms with van der Waals surface area (Å²) in [6.07, 6.45) is -2.92. The van der Waals surface area contributed by atoms with Crippen LogP contribution < -0.4 is 0 Å². The fourth-order valence-corrected chi connectivity index (χ4v) is 10.9. The Labute approximate surface area is 215 Å². The van der Waals surface area contributed by atoms with Gasteiger partial charge in [-0.15, -0.1) is 5.54 Å². The molecule has 1 aromatic carbocycles. The van der Waals surface area contributed by atoms with Gasteiger partial charge in [0.05, 0.1) is 36.4 Å². The Hall–Kier alpha value is -1.60. The van der Waals surface area contributed by atoms with Gasteiger partial charge in [0.25, 0.3) is 0 Å². The number of halogens is 4. The van der Waals surface area contributed by atoms with E-state index in [0.717, 1.165) is 6.07 Å². The second-order valence-corrected chi connectivity index (χ2v) is 16.5. The monoisotopic (exact) mass is 570 g/mol. The summed E-state index contributed by atoms with van der Waals surface area (Å²) in [7, 11) is -2.17. The molecule has 0 spiro atoms. The standard InChI is InChI=1S/C26H34BrF3N2O2Si/c1-17(2)35(18(3)4,19(5)6)12-9-20-7-8-21(13-23(20)26(28,29)30)25-24(27)15-32(31-25)14-22-16-33-10-11-34-22/h7-8,13,15,17-19,22H,10-11,14,16H2,1-6H3/t22-/m0/s1. The minimum Gasteiger partial charge on any atom is -0.376 e. The highest BCUT2D eigenvalue weighted by Gasteiger charge is 2.42. The molecule has 2 aromatic rings. The molecule has 1 saturated heterocycles. The Kier molecular flexibility index (Phi) is 8.95. The summed E-state index contributed by atoms with van der Waals surface area (Å²) >= 11 is 3.46. The number of aromatic nitrogens is 2. The summed E-state index contributed by atoms with van der Waals surface area (Å²) in [6, 6.07) is 4.31. The van der Waals surface area contributed by atoms with Crippen LogP contribution in [0.1, 0.15) is 52.7 Å². The van der Waals surface area contributed by atoms with Crippen molar-refractivity contribution >= 4 is 24.0 Å². The number of hydrogen-bond donors (Lipinski definition) is 0. The average molecular weight is 572 g/mol. The molecule has 0 aliphatic carbocycles. The van der Waals surface area contributed by atoms with E-state index in [1.165, 1.54) is 6.07 Å². The van der Waals surface area contributed by atoms with E-state index < -0.39 is 19.8 Å². The van der Waals surface area contributed by atoms with Crippen LogP contribution in [-0.4, -0.2) is 43.8 Å². The third kappa shape index (κ3) is 6.22. The molecule has 9 heteroatoms. The molecular weight excluding hydrogens is 537 g/mol. The highest BCUT2D eigenvalue weighted by atomic mass is 79.9. The van der Waals surface area contributed by atoms with Crippen molar-refractivity contribution in [1.82, 2.24) is 9.78 Å². The van der Waals surface area contributed by atoms with Gasteiger partial charge in [0, 0.05) is 17.3 Å². The molecule has 1 aliphatic rings. The maximum absolute atomic E-state index is 14.1. The topological polar surface area (TPSA) is 36.3 Å². The van der Waals surface area contributed by atoms with Gasteiger partial charge >= 0.3 is 6.18 Å². The van der Waals surface area contributed by atoms with Crippen LogP contribution in [-0.2, 0) is 22.2 Å². The molecule has 0 N–H and O–H groups in total. The van der Waals surface area contributed by atoms with Crippen LogP contribution in [0.5, 0.6) is 0 Å². The zero-order valence-corrected chi connectivity index (χ0v) is 23.8. The van der Waals surface area contributed by atoms with Gasteiger partial charge in [-0.05, 0) is 44.7 Å². The molecule has 3 rings (SSSR count). The van der Waals surface area contributed by atoms with E-state index in [-0.39, 0.29) is 11.7 Å². The van der Waals surface area contributed by atoms with Crippen molar-refractivity contribution in [1.29, 1.82) is 0 Å². The number of alkyl halides is 3. The molecule has 1 fully saturated rings. The first-order chi connectivity index (χ1) is 16.4. The molecule has 35 heavy (non-hydrogen) atoms. The first-order valence-electron chi connectivity index (χ1n) is 12.0. The second kappa shape index (κ2) is 11.2. The van der Waals surface area contributed by atoms with E-state index in [1.807, 2.05) is 0 Å². The lowest BCUT2D eigenvalue weighted by atomic mass is 10.0. The van der Waals surface area contributed by atoms with Gasteiger partial charge in [0.1, 0.15) is 19.9 Å². The fraction of sp³-hybridized carbons (Fsp3) is 0.577. The van der Waals surface area contributed by atoms with E-state index in [0.29, 0.717) is 58.7 Å². The van der Waals surface area contributed by atoms with Crippen molar-refractivity contribution in [2.75, 3.05) is 19.8 Å². The number of nitrogens with zero attached hydrogens (tertiary/aromatic N) is 2. The minimum atomic E-state index is -4.53. The Morgan fingerprint density at radius 2 is 1.77 bits per heavy atom. The van der Waals surface area contributed by atoms with E-state index in [9.17, 15) is 13.2 Å². The quantitative estimate of drug-likeness (QED) is 0.269. The largest absolute Gasteiger partial charge is 0.417 e. The van der Waals surface area contributed by atoms with Crippen LogP contribution in [0.25, 0.3) is 11.3 Å². The zero-order chi connectivity index (χ0) is 26.0. The summed E-state index contributed by atoms with van der Waals surface area (Å²) in [5.74, 6) is 2.98. The van der Waals surface area contributed by atoms with Crippen molar-refractivity contribution in [2.24, 2.45) is 0 Å². The highest BCUT2D eigenvalue weighted by Crippen LogP contribution is 2.41. The lowest BCUT2D eigenvalue weighted by Gasteiger charge is -2.38. The van der Waals surface area contributed by atoms with Gasteiger partial charge in [-0.1, -0.05) is 53.5 Å². The summed E-state index contributed by atoms with van der Waals surface area (Å²) in [5.41, 5.74) is 4.54. The maximum atomic E-state index is 14.1. The predicted molar refractivity (Wildman–Crippen MR) is 139 cm³/mol. The summed E-state index contributed by atoms with van der Waals surface area (Å²) < 4.78 is 55.8. The first kappa shape index (κ1) is 28.0. The minimum absolute atomic E-state index is 0.0170. The average Bonchev–Trinajstić information content (AvgIpc) is 3.13. The van der Waals surface area contributed by atoms with Crippen molar-refractivity contribution in [3.63, 3.8) is 0 Å². The molecule has 4 nitrogen and oxygen atoms in total. The molecular formula is C26H34BrF3N2O2Si. The normalized spacial score (nSPS) is 17.2. The third-order valence-electron chi connectivity index (χ3n) is 6.87. The summed E-state index contributed by atoms with van der Waals surface area (Å²) in [6.45, 7) is 14.9. The van der Waals surface area contributed by atoms with Gasteiger partial charge in [0.2, 0.25) is 0 Å². The van der Waals surface area contributed by atoms with Crippen molar-refractivity contribution in [2.45, 2.75) is 77.0 Å². The molecule has 1 aromatic heterocycles. The molecule has 1 atom stereocenters. The number of ether oxygens (including phenoxy) is 2. The molecule has 192 valence electrons. The van der Waals surface area contributed by atoms with Crippen LogP contribution >= 0.6 is 15.9 Å². The summed E-state index contributed by atoms with van der Waals surface area (Å²) in [4.78, 5) is 0. The maximum Gasteiger partial charge on any atom is 0.417 e. The molecule has 0 radical (unpaired) electrons. The smallest absolute Gasteiger partial charge is 0.376 e. The van der Waals surface area contributed by atoms with Crippen molar-refractivity contribution in [3.05, 3.63) is 40.0 Å².